The summed E-state index contributed by atoms with van der Waals surface area (Å²) in [7, 11) is 1.67. The molecule has 1 aliphatic rings. The highest BCUT2D eigenvalue weighted by Crippen LogP contribution is 2.37. The number of carbonyl (C=O) groups is 2. The van der Waals surface area contributed by atoms with Crippen LogP contribution in [0.4, 0.5) is 0 Å². The highest BCUT2D eigenvalue weighted by atomic mass is 32.2. The van der Waals surface area contributed by atoms with E-state index in [4.69, 9.17) is 0 Å². The number of nitrogens with zero attached hydrogens (tertiary/aromatic N) is 1. The van der Waals surface area contributed by atoms with E-state index in [1.165, 1.54) is 4.90 Å². The molecule has 0 radical (unpaired) electrons. The fourth-order valence-corrected chi connectivity index (χ4v) is 2.76. The van der Waals surface area contributed by atoms with Gasteiger partial charge in [0.05, 0.1) is 12.0 Å². The van der Waals surface area contributed by atoms with Gasteiger partial charge in [0.2, 0.25) is 5.91 Å². The number of hydrogen-bond donors (Lipinski definition) is 1. The topological polar surface area (TPSA) is 57.6 Å². The summed E-state index contributed by atoms with van der Waals surface area (Å²) in [4.78, 5) is 25.5. The lowest BCUT2D eigenvalue weighted by Crippen LogP contribution is -2.26. The SMILES string of the molecule is CSc1ccc(C2C(C(=O)O)CC(=O)N2C)cc1. The molecule has 2 rings (SSSR count). The van der Waals surface area contributed by atoms with Gasteiger partial charge in [-0.2, -0.15) is 0 Å². The molecular formula is C13H15NO3S. The number of carboxylic acids is 1. The summed E-state index contributed by atoms with van der Waals surface area (Å²) in [5, 5.41) is 9.20. The molecule has 5 heteroatoms. The number of likely N-dealkylation sites (tertiary alicyclic amines) is 1. The molecule has 96 valence electrons. The predicted molar refractivity (Wildman–Crippen MR) is 69.5 cm³/mol. The Hall–Kier alpha value is -1.49. The molecule has 0 bridgehead atoms. The fourth-order valence-electron chi connectivity index (χ4n) is 2.35. The second-order valence-corrected chi connectivity index (χ2v) is 5.25. The van der Waals surface area contributed by atoms with Gasteiger partial charge in [-0.1, -0.05) is 12.1 Å². The van der Waals surface area contributed by atoms with E-state index in [0.29, 0.717) is 0 Å². The van der Waals surface area contributed by atoms with Gasteiger partial charge in [-0.25, -0.2) is 0 Å². The van der Waals surface area contributed by atoms with Crippen LogP contribution in [0.25, 0.3) is 0 Å². The zero-order chi connectivity index (χ0) is 13.3. The van der Waals surface area contributed by atoms with Crippen LogP contribution in [-0.4, -0.2) is 35.2 Å². The van der Waals surface area contributed by atoms with Crippen LogP contribution in [0.1, 0.15) is 18.0 Å². The van der Waals surface area contributed by atoms with Crippen molar-refractivity contribution in [2.45, 2.75) is 17.4 Å². The first kappa shape index (κ1) is 13.0. The summed E-state index contributed by atoms with van der Waals surface area (Å²) in [6.45, 7) is 0. The Morgan fingerprint density at radius 1 is 1.39 bits per heavy atom. The smallest absolute Gasteiger partial charge is 0.309 e. The highest BCUT2D eigenvalue weighted by Gasteiger charge is 2.42. The van der Waals surface area contributed by atoms with Crippen LogP contribution < -0.4 is 0 Å². The zero-order valence-corrected chi connectivity index (χ0v) is 11.1. The summed E-state index contributed by atoms with van der Waals surface area (Å²) in [5.41, 5.74) is 0.883. The Morgan fingerprint density at radius 3 is 2.50 bits per heavy atom. The summed E-state index contributed by atoms with van der Waals surface area (Å²) in [6, 6.07) is 7.36. The quantitative estimate of drug-likeness (QED) is 0.849. The van der Waals surface area contributed by atoms with Crippen molar-refractivity contribution in [3.63, 3.8) is 0 Å². The number of carbonyl (C=O) groups excluding carboxylic acids is 1. The molecule has 1 aliphatic heterocycles. The molecule has 1 fully saturated rings. The maximum atomic E-state index is 11.7. The van der Waals surface area contributed by atoms with E-state index in [-0.39, 0.29) is 18.4 Å². The van der Waals surface area contributed by atoms with E-state index in [1.807, 2.05) is 30.5 Å². The van der Waals surface area contributed by atoms with Crippen molar-refractivity contribution in [3.8, 4) is 0 Å². The average Bonchev–Trinajstić information content (AvgIpc) is 2.66. The second-order valence-electron chi connectivity index (χ2n) is 4.37. The van der Waals surface area contributed by atoms with E-state index in [2.05, 4.69) is 0 Å². The molecule has 1 N–H and O–H groups in total. The predicted octanol–water partition coefficient (Wildman–Crippen LogP) is 2.01. The minimum absolute atomic E-state index is 0.0841. The Balaban J connectivity index is 2.33. The van der Waals surface area contributed by atoms with E-state index in [9.17, 15) is 14.7 Å². The molecule has 2 atom stereocenters. The molecule has 0 aliphatic carbocycles. The average molecular weight is 265 g/mol. The van der Waals surface area contributed by atoms with Crippen molar-refractivity contribution in [2.75, 3.05) is 13.3 Å². The van der Waals surface area contributed by atoms with Crippen molar-refractivity contribution in [1.82, 2.24) is 4.90 Å². The Kier molecular flexibility index (Phi) is 3.61. The minimum Gasteiger partial charge on any atom is -0.481 e. The highest BCUT2D eigenvalue weighted by molar-refractivity contribution is 7.98. The van der Waals surface area contributed by atoms with Gasteiger partial charge in [0, 0.05) is 18.4 Å². The van der Waals surface area contributed by atoms with Crippen molar-refractivity contribution in [2.24, 2.45) is 5.92 Å². The van der Waals surface area contributed by atoms with Gasteiger partial charge in [0.25, 0.3) is 0 Å². The Morgan fingerprint density at radius 2 is 2.00 bits per heavy atom. The van der Waals surface area contributed by atoms with Crippen molar-refractivity contribution in [3.05, 3.63) is 29.8 Å². The third kappa shape index (κ3) is 2.22. The molecule has 4 nitrogen and oxygen atoms in total. The van der Waals surface area contributed by atoms with E-state index in [1.54, 1.807) is 18.8 Å². The van der Waals surface area contributed by atoms with Crippen molar-refractivity contribution in [1.29, 1.82) is 0 Å². The zero-order valence-electron chi connectivity index (χ0n) is 10.3. The first-order valence-corrected chi connectivity index (χ1v) is 6.89. The summed E-state index contributed by atoms with van der Waals surface area (Å²) in [6.07, 6.45) is 2.07. The molecule has 1 amide bonds. The standard InChI is InChI=1S/C13H15NO3S/c1-14-11(15)7-10(13(16)17)12(14)8-3-5-9(18-2)6-4-8/h3-6,10,12H,7H2,1-2H3,(H,16,17). The maximum Gasteiger partial charge on any atom is 0.309 e. The van der Waals surface area contributed by atoms with Crippen LogP contribution in [0.2, 0.25) is 0 Å². The van der Waals surface area contributed by atoms with Crippen molar-refractivity contribution < 1.29 is 14.7 Å². The molecule has 2 unspecified atom stereocenters. The number of amides is 1. The third-order valence-corrected chi connectivity index (χ3v) is 4.10. The van der Waals surface area contributed by atoms with Crippen LogP contribution in [0.5, 0.6) is 0 Å². The Bertz CT molecular complexity index is 472. The number of aliphatic carboxylic acids is 1. The number of carboxylic acid groups (broad SMARTS) is 1. The van der Waals surface area contributed by atoms with Gasteiger partial charge in [-0.05, 0) is 24.0 Å². The summed E-state index contributed by atoms with van der Waals surface area (Å²) >= 11 is 1.63. The van der Waals surface area contributed by atoms with Crippen molar-refractivity contribution >= 4 is 23.6 Å². The van der Waals surface area contributed by atoms with Crippen LogP contribution in [-0.2, 0) is 9.59 Å². The van der Waals surface area contributed by atoms with Gasteiger partial charge in [-0.3, -0.25) is 9.59 Å². The number of rotatable bonds is 3. The van der Waals surface area contributed by atoms with Crippen LogP contribution in [0.15, 0.2) is 29.2 Å². The van der Waals surface area contributed by atoms with E-state index >= 15 is 0 Å². The molecule has 1 saturated heterocycles. The lowest BCUT2D eigenvalue weighted by Gasteiger charge is -2.23. The molecular weight excluding hydrogens is 250 g/mol. The number of hydrogen-bond acceptors (Lipinski definition) is 3. The molecule has 18 heavy (non-hydrogen) atoms. The number of thioether (sulfide) groups is 1. The maximum absolute atomic E-state index is 11.7. The second kappa shape index (κ2) is 5.02. The summed E-state index contributed by atoms with van der Waals surface area (Å²) < 4.78 is 0. The van der Waals surface area contributed by atoms with Crippen LogP contribution in [0, 0.1) is 5.92 Å². The molecule has 1 aromatic rings. The van der Waals surface area contributed by atoms with Crippen LogP contribution >= 0.6 is 11.8 Å². The lowest BCUT2D eigenvalue weighted by atomic mass is 9.94. The van der Waals surface area contributed by atoms with Gasteiger partial charge in [0.1, 0.15) is 0 Å². The van der Waals surface area contributed by atoms with Gasteiger partial charge >= 0.3 is 5.97 Å². The van der Waals surface area contributed by atoms with E-state index in [0.717, 1.165) is 10.5 Å². The first-order chi connectivity index (χ1) is 8.54. The largest absolute Gasteiger partial charge is 0.481 e. The van der Waals surface area contributed by atoms with Crippen LogP contribution in [0.3, 0.4) is 0 Å². The summed E-state index contributed by atoms with van der Waals surface area (Å²) in [5.74, 6) is -1.67. The fraction of sp³-hybridized carbons (Fsp3) is 0.385. The number of benzene rings is 1. The lowest BCUT2D eigenvalue weighted by molar-refractivity contribution is -0.142. The monoisotopic (exact) mass is 265 g/mol. The Labute approximate surface area is 110 Å². The van der Waals surface area contributed by atoms with E-state index < -0.39 is 11.9 Å². The first-order valence-electron chi connectivity index (χ1n) is 5.67. The molecule has 0 spiro atoms. The van der Waals surface area contributed by atoms with Gasteiger partial charge in [0.15, 0.2) is 0 Å². The molecule has 0 saturated carbocycles. The normalized spacial score (nSPS) is 23.4. The minimum atomic E-state index is -0.911. The van der Waals surface area contributed by atoms with Gasteiger partial charge in [-0.15, -0.1) is 11.8 Å². The molecule has 1 aromatic carbocycles. The third-order valence-electron chi connectivity index (χ3n) is 3.36. The van der Waals surface area contributed by atoms with Gasteiger partial charge < -0.3 is 10.0 Å². The molecule has 0 aromatic heterocycles. The molecule has 1 heterocycles.